The second-order valence-electron chi connectivity index (χ2n) is 17.2. The molecular weight excluding hydrogens is 727 g/mol. The summed E-state index contributed by atoms with van der Waals surface area (Å²) in [7, 11) is 0. The normalized spacial score (nSPS) is 14.4. The monoisotopic (exact) mass is 765 g/mol. The molecule has 0 saturated carbocycles. The van der Waals surface area contributed by atoms with Crippen molar-refractivity contribution in [1.82, 2.24) is 0 Å². The second-order valence-corrected chi connectivity index (χ2v) is 17.2. The summed E-state index contributed by atoms with van der Waals surface area (Å²) in [4.78, 5) is 2.45. The Morgan fingerprint density at radius 1 is 0.317 bits per heavy atom. The van der Waals surface area contributed by atoms with Gasteiger partial charge in [0.05, 0.1) is 5.41 Å². The molecule has 0 unspecified atom stereocenters. The highest BCUT2D eigenvalue weighted by atomic mass is 16.3. The third-order valence-electron chi connectivity index (χ3n) is 13.9. The molecule has 0 amide bonds. The molecule has 1 heterocycles. The Balaban J connectivity index is 1.11. The van der Waals surface area contributed by atoms with Crippen LogP contribution in [0.1, 0.15) is 47.2 Å². The fraction of sp³-hybridized carbons (Fsp3) is 0.0690. The number of furan rings is 1. The zero-order chi connectivity index (χ0) is 39.7. The van der Waals surface area contributed by atoms with Gasteiger partial charge >= 0.3 is 0 Å². The van der Waals surface area contributed by atoms with Crippen LogP contribution in [0.15, 0.2) is 205 Å². The molecule has 282 valence electrons. The summed E-state index contributed by atoms with van der Waals surface area (Å²) < 4.78 is 6.57. The fourth-order valence-electron chi connectivity index (χ4n) is 11.3. The zero-order valence-electron chi connectivity index (χ0n) is 33.4. The van der Waals surface area contributed by atoms with Crippen LogP contribution in [-0.2, 0) is 10.8 Å². The number of rotatable bonds is 3. The van der Waals surface area contributed by atoms with E-state index in [1.54, 1.807) is 0 Å². The third kappa shape index (κ3) is 4.32. The van der Waals surface area contributed by atoms with Crippen molar-refractivity contribution >= 4 is 39.0 Å². The number of para-hydroxylation sites is 1. The lowest BCUT2D eigenvalue weighted by Gasteiger charge is -2.36. The molecule has 10 aromatic rings. The zero-order valence-corrected chi connectivity index (χ0v) is 33.4. The van der Waals surface area contributed by atoms with E-state index in [2.05, 4.69) is 213 Å². The number of benzene rings is 9. The highest BCUT2D eigenvalue weighted by Crippen LogP contribution is 2.62. The van der Waals surface area contributed by atoms with Gasteiger partial charge in [-0.05, 0) is 120 Å². The third-order valence-corrected chi connectivity index (χ3v) is 13.9. The molecule has 2 nitrogen and oxygen atoms in total. The summed E-state index contributed by atoms with van der Waals surface area (Å²) in [5.41, 5.74) is 22.5. The smallest absolute Gasteiger partial charge is 0.137 e. The maximum atomic E-state index is 6.57. The van der Waals surface area contributed by atoms with Gasteiger partial charge in [-0.1, -0.05) is 166 Å². The topological polar surface area (TPSA) is 16.4 Å². The predicted molar refractivity (Wildman–Crippen MR) is 248 cm³/mol. The second kappa shape index (κ2) is 12.1. The highest BCUT2D eigenvalue weighted by Gasteiger charge is 2.50. The van der Waals surface area contributed by atoms with E-state index in [-0.39, 0.29) is 5.41 Å². The van der Waals surface area contributed by atoms with E-state index in [4.69, 9.17) is 4.42 Å². The number of hydrogen-bond acceptors (Lipinski definition) is 2. The molecule has 0 fully saturated rings. The van der Waals surface area contributed by atoms with Gasteiger partial charge in [-0.25, -0.2) is 0 Å². The Labute approximate surface area is 349 Å². The Kier molecular flexibility index (Phi) is 6.74. The summed E-state index contributed by atoms with van der Waals surface area (Å²) in [5.74, 6) is 0. The average molecular weight is 766 g/mol. The largest absolute Gasteiger partial charge is 0.456 e. The van der Waals surface area contributed by atoms with Crippen LogP contribution in [0.2, 0.25) is 0 Å². The Bertz CT molecular complexity index is 3370. The standard InChI is InChI=1S/C58H39NO/c1-57(2)49-22-10-5-19-43(49)45-30-27-36(33-53(45)57)59(38-29-32-48-47-21-9-14-26-55(47)60-56(48)35-38)37-28-31-46-44-20-8-13-25-52(44)58(54(46)34-37)50-23-11-6-17-41(50)39-15-3-4-16-40(39)42-18-7-12-24-51(42)58/h3-35H,1-2H3. The van der Waals surface area contributed by atoms with Crippen molar-refractivity contribution in [2.24, 2.45) is 0 Å². The van der Waals surface area contributed by atoms with Crippen LogP contribution >= 0.6 is 0 Å². The van der Waals surface area contributed by atoms with Gasteiger partial charge in [-0.2, -0.15) is 0 Å². The van der Waals surface area contributed by atoms with Gasteiger partial charge in [0, 0.05) is 39.3 Å². The summed E-state index contributed by atoms with van der Waals surface area (Å²) in [6.07, 6.45) is 0. The van der Waals surface area contributed by atoms with Gasteiger partial charge in [0.25, 0.3) is 0 Å². The molecule has 3 aliphatic carbocycles. The first-order valence-electron chi connectivity index (χ1n) is 21.0. The molecule has 1 aromatic heterocycles. The maximum absolute atomic E-state index is 6.57. The minimum atomic E-state index is -0.579. The SMILES string of the molecule is CC1(C)c2ccccc2-c2ccc(N(c3ccc4c(c3)C3(c5ccccc5-c5ccccc5-c5ccccc53)c3ccccc3-4)c3ccc4c(c3)oc3ccccc34)cc21. The van der Waals surface area contributed by atoms with Crippen LogP contribution in [0.25, 0.3) is 66.4 Å². The van der Waals surface area contributed by atoms with E-state index in [0.29, 0.717) is 0 Å². The molecule has 60 heavy (non-hydrogen) atoms. The molecule has 3 aliphatic rings. The van der Waals surface area contributed by atoms with Gasteiger partial charge in [-0.15, -0.1) is 0 Å². The van der Waals surface area contributed by atoms with Crippen LogP contribution in [0.3, 0.4) is 0 Å². The van der Waals surface area contributed by atoms with Gasteiger partial charge in [0.2, 0.25) is 0 Å². The van der Waals surface area contributed by atoms with Crippen molar-refractivity contribution in [2.45, 2.75) is 24.7 Å². The van der Waals surface area contributed by atoms with Gasteiger partial charge in [0.1, 0.15) is 11.2 Å². The van der Waals surface area contributed by atoms with E-state index in [1.807, 2.05) is 6.07 Å². The lowest BCUT2D eigenvalue weighted by molar-refractivity contribution is 0.660. The molecule has 0 bridgehead atoms. The molecule has 0 N–H and O–H groups in total. The molecule has 2 heteroatoms. The van der Waals surface area contributed by atoms with Gasteiger partial charge in [-0.3, -0.25) is 0 Å². The first-order valence-corrected chi connectivity index (χ1v) is 21.0. The van der Waals surface area contributed by atoms with Crippen LogP contribution in [0.4, 0.5) is 17.1 Å². The van der Waals surface area contributed by atoms with Crippen LogP contribution in [-0.4, -0.2) is 0 Å². The van der Waals surface area contributed by atoms with Crippen molar-refractivity contribution in [3.63, 3.8) is 0 Å². The molecule has 13 rings (SSSR count). The highest BCUT2D eigenvalue weighted by molar-refractivity contribution is 6.06. The Morgan fingerprint density at radius 3 is 1.33 bits per heavy atom. The average Bonchev–Trinajstić information content (AvgIpc) is 3.87. The minimum absolute atomic E-state index is 0.150. The summed E-state index contributed by atoms with van der Waals surface area (Å²) in [6.45, 7) is 4.73. The molecule has 0 saturated heterocycles. The predicted octanol–water partition coefficient (Wildman–Crippen LogP) is 15.4. The number of nitrogens with zero attached hydrogens (tertiary/aromatic N) is 1. The molecule has 0 aliphatic heterocycles. The van der Waals surface area contributed by atoms with E-state index < -0.39 is 5.41 Å². The van der Waals surface area contributed by atoms with Crippen molar-refractivity contribution in [3.05, 3.63) is 234 Å². The van der Waals surface area contributed by atoms with E-state index >= 15 is 0 Å². The molecular formula is C58H39NO. The number of fused-ring (bicyclic) bond motifs is 18. The van der Waals surface area contributed by atoms with E-state index in [0.717, 1.165) is 39.0 Å². The maximum Gasteiger partial charge on any atom is 0.137 e. The quantitative estimate of drug-likeness (QED) is 0.178. The Hall–Kier alpha value is -7.42. The lowest BCUT2D eigenvalue weighted by atomic mass is 9.66. The molecule has 0 atom stereocenters. The number of anilines is 3. The molecule has 9 aromatic carbocycles. The van der Waals surface area contributed by atoms with Gasteiger partial charge < -0.3 is 9.32 Å². The van der Waals surface area contributed by atoms with Crippen LogP contribution < -0.4 is 4.90 Å². The van der Waals surface area contributed by atoms with Crippen molar-refractivity contribution in [2.75, 3.05) is 4.90 Å². The molecule has 1 spiro atoms. The lowest BCUT2D eigenvalue weighted by Crippen LogP contribution is -2.29. The summed E-state index contributed by atoms with van der Waals surface area (Å²) in [6, 6.07) is 74.5. The van der Waals surface area contributed by atoms with E-state index in [1.165, 1.54) is 77.9 Å². The van der Waals surface area contributed by atoms with Crippen LogP contribution in [0, 0.1) is 0 Å². The van der Waals surface area contributed by atoms with E-state index in [9.17, 15) is 0 Å². The van der Waals surface area contributed by atoms with Crippen LogP contribution in [0.5, 0.6) is 0 Å². The Morgan fingerprint density at radius 2 is 0.717 bits per heavy atom. The van der Waals surface area contributed by atoms with Crippen molar-refractivity contribution in [1.29, 1.82) is 0 Å². The number of hydrogen-bond donors (Lipinski definition) is 0. The summed E-state index contributed by atoms with van der Waals surface area (Å²) >= 11 is 0. The minimum Gasteiger partial charge on any atom is -0.456 e. The molecule has 0 radical (unpaired) electrons. The van der Waals surface area contributed by atoms with Gasteiger partial charge in [0.15, 0.2) is 0 Å². The van der Waals surface area contributed by atoms with Crippen molar-refractivity contribution < 1.29 is 4.42 Å². The van der Waals surface area contributed by atoms with Crippen molar-refractivity contribution in [3.8, 4) is 44.5 Å². The first-order chi connectivity index (χ1) is 29.5. The first kappa shape index (κ1) is 33.5. The fourth-order valence-corrected chi connectivity index (χ4v) is 11.3. The summed E-state index contributed by atoms with van der Waals surface area (Å²) in [5, 5.41) is 2.25.